The molecule has 3 saturated heterocycles. The van der Waals surface area contributed by atoms with Crippen LogP contribution in [-0.2, 0) is 22.7 Å². The first-order chi connectivity index (χ1) is 14.6. The molecule has 1 aromatic carbocycles. The van der Waals surface area contributed by atoms with Crippen molar-refractivity contribution in [1.29, 1.82) is 0 Å². The largest absolute Gasteiger partial charge is 0.322 e. The summed E-state index contributed by atoms with van der Waals surface area (Å²) in [4.78, 5) is 40.6. The van der Waals surface area contributed by atoms with Crippen molar-refractivity contribution >= 4 is 17.7 Å². The monoisotopic (exact) mass is 410 g/mol. The first-order valence-electron chi connectivity index (χ1n) is 11.3. The fourth-order valence-corrected chi connectivity index (χ4v) is 5.35. The Bertz CT molecular complexity index is 858. The molecule has 3 amide bonds. The predicted molar refractivity (Wildman–Crippen MR) is 111 cm³/mol. The number of fused-ring (bicyclic) bond motifs is 1. The summed E-state index contributed by atoms with van der Waals surface area (Å²) in [6.45, 7) is 6.05. The Morgan fingerprint density at radius 1 is 1.00 bits per heavy atom. The molecule has 0 aromatic heterocycles. The van der Waals surface area contributed by atoms with Crippen LogP contribution in [0.15, 0.2) is 18.2 Å². The Hall–Kier alpha value is -2.25. The van der Waals surface area contributed by atoms with Crippen molar-refractivity contribution in [2.24, 2.45) is 11.8 Å². The van der Waals surface area contributed by atoms with Gasteiger partial charge in [-0.1, -0.05) is 12.1 Å². The van der Waals surface area contributed by atoms with Crippen molar-refractivity contribution in [2.75, 3.05) is 26.2 Å². The molecule has 0 spiro atoms. The fraction of sp³-hybridized carbons (Fsp3) is 0.609. The molecule has 2 N–H and O–H groups in total. The Labute approximate surface area is 177 Å². The molecule has 1 aromatic rings. The molecule has 3 fully saturated rings. The minimum atomic E-state index is -0.545. The molecule has 1 unspecified atom stereocenters. The average Bonchev–Trinajstić information content (AvgIpc) is 3.02. The van der Waals surface area contributed by atoms with Gasteiger partial charge in [-0.15, -0.1) is 0 Å². The van der Waals surface area contributed by atoms with Gasteiger partial charge in [-0.3, -0.25) is 24.6 Å². The molecular formula is C23H30N4O3. The molecule has 0 aliphatic carbocycles. The number of carbonyl (C=O) groups is 3. The van der Waals surface area contributed by atoms with Gasteiger partial charge in [-0.2, -0.15) is 0 Å². The average molecular weight is 411 g/mol. The van der Waals surface area contributed by atoms with Gasteiger partial charge in [0.15, 0.2) is 0 Å². The van der Waals surface area contributed by atoms with Crippen LogP contribution in [0.2, 0.25) is 0 Å². The number of benzene rings is 1. The number of carbonyl (C=O) groups excluding carboxylic acids is 3. The van der Waals surface area contributed by atoms with E-state index in [0.717, 1.165) is 37.0 Å². The lowest BCUT2D eigenvalue weighted by Crippen LogP contribution is -2.52. The van der Waals surface area contributed by atoms with Crippen LogP contribution < -0.4 is 10.6 Å². The Kier molecular flexibility index (Phi) is 5.33. The van der Waals surface area contributed by atoms with Crippen LogP contribution in [0.4, 0.5) is 0 Å². The first kappa shape index (κ1) is 19.7. The number of likely N-dealkylation sites (tertiary alicyclic amines) is 1. The second-order valence-corrected chi connectivity index (χ2v) is 9.37. The fourth-order valence-electron chi connectivity index (χ4n) is 5.35. The summed E-state index contributed by atoms with van der Waals surface area (Å²) in [5.41, 5.74) is 2.92. The summed E-state index contributed by atoms with van der Waals surface area (Å²) in [7, 11) is 0. The van der Waals surface area contributed by atoms with Gasteiger partial charge in [0, 0.05) is 25.1 Å². The molecule has 1 atom stereocenters. The molecule has 30 heavy (non-hydrogen) atoms. The van der Waals surface area contributed by atoms with Crippen LogP contribution in [0.3, 0.4) is 0 Å². The van der Waals surface area contributed by atoms with E-state index in [-0.39, 0.29) is 24.1 Å². The highest BCUT2D eigenvalue weighted by molar-refractivity contribution is 6.05. The SMILES string of the molecule is O=C1CCC(N2Cc3cc(CN4CCC(CC5CNC5)CC4)ccc3C2=O)C(=O)N1. The van der Waals surface area contributed by atoms with Crippen LogP contribution in [0.25, 0.3) is 0 Å². The van der Waals surface area contributed by atoms with Gasteiger partial charge in [-0.05, 0) is 80.9 Å². The van der Waals surface area contributed by atoms with E-state index in [1.165, 1.54) is 37.9 Å². The summed E-state index contributed by atoms with van der Waals surface area (Å²) in [6.07, 6.45) is 4.63. The standard InChI is InChI=1S/C23H30N4O3/c28-21-4-3-20(22(29)25-21)27-14-18-10-16(1-2-19(18)23(27)30)13-26-7-5-15(6-8-26)9-17-11-24-12-17/h1-2,10,15,17,20,24H,3-9,11-14H2,(H,25,28,29). The lowest BCUT2D eigenvalue weighted by Gasteiger charge is -2.36. The van der Waals surface area contributed by atoms with E-state index in [9.17, 15) is 14.4 Å². The zero-order chi connectivity index (χ0) is 20.7. The molecule has 7 heteroatoms. The van der Waals surface area contributed by atoms with Crippen LogP contribution in [-0.4, -0.2) is 59.7 Å². The van der Waals surface area contributed by atoms with Gasteiger partial charge in [0.25, 0.3) is 5.91 Å². The Balaban J connectivity index is 1.18. The number of rotatable bonds is 5. The number of hydrogen-bond donors (Lipinski definition) is 2. The van der Waals surface area contributed by atoms with Crippen molar-refractivity contribution < 1.29 is 14.4 Å². The highest BCUT2D eigenvalue weighted by atomic mass is 16.2. The van der Waals surface area contributed by atoms with Crippen LogP contribution >= 0.6 is 0 Å². The number of imide groups is 1. The Morgan fingerprint density at radius 2 is 1.80 bits per heavy atom. The lowest BCUT2D eigenvalue weighted by molar-refractivity contribution is -0.136. The molecule has 7 nitrogen and oxygen atoms in total. The van der Waals surface area contributed by atoms with Gasteiger partial charge in [-0.25, -0.2) is 0 Å². The van der Waals surface area contributed by atoms with Crippen molar-refractivity contribution in [2.45, 2.75) is 51.2 Å². The second-order valence-electron chi connectivity index (χ2n) is 9.37. The molecule has 0 saturated carbocycles. The van der Waals surface area contributed by atoms with Crippen molar-refractivity contribution in [3.05, 3.63) is 34.9 Å². The third-order valence-electron chi connectivity index (χ3n) is 7.23. The maximum absolute atomic E-state index is 12.8. The van der Waals surface area contributed by atoms with Crippen molar-refractivity contribution in [3.8, 4) is 0 Å². The molecule has 4 aliphatic heterocycles. The van der Waals surface area contributed by atoms with Gasteiger partial charge < -0.3 is 10.2 Å². The molecule has 0 bridgehead atoms. The smallest absolute Gasteiger partial charge is 0.255 e. The molecule has 160 valence electrons. The topological polar surface area (TPSA) is 81.8 Å². The minimum absolute atomic E-state index is 0.0997. The zero-order valence-electron chi connectivity index (χ0n) is 17.4. The van der Waals surface area contributed by atoms with Gasteiger partial charge in [0.05, 0.1) is 0 Å². The number of hydrogen-bond acceptors (Lipinski definition) is 5. The molecular weight excluding hydrogens is 380 g/mol. The third kappa shape index (κ3) is 3.88. The van der Waals surface area contributed by atoms with E-state index < -0.39 is 6.04 Å². The van der Waals surface area contributed by atoms with Gasteiger partial charge in [0.2, 0.25) is 11.8 Å². The summed E-state index contributed by atoms with van der Waals surface area (Å²) in [6, 6.07) is 5.55. The van der Waals surface area contributed by atoms with Crippen LogP contribution in [0, 0.1) is 11.8 Å². The molecule has 4 aliphatic rings. The van der Waals surface area contributed by atoms with E-state index in [0.29, 0.717) is 18.5 Å². The Morgan fingerprint density at radius 3 is 2.50 bits per heavy atom. The first-order valence-corrected chi connectivity index (χ1v) is 11.3. The molecule has 4 heterocycles. The van der Waals surface area contributed by atoms with Crippen LogP contribution in [0.1, 0.15) is 53.6 Å². The maximum Gasteiger partial charge on any atom is 0.255 e. The maximum atomic E-state index is 12.8. The third-order valence-corrected chi connectivity index (χ3v) is 7.23. The van der Waals surface area contributed by atoms with Crippen molar-refractivity contribution in [1.82, 2.24) is 20.4 Å². The van der Waals surface area contributed by atoms with E-state index in [1.807, 2.05) is 6.07 Å². The van der Waals surface area contributed by atoms with Crippen LogP contribution in [0.5, 0.6) is 0 Å². The normalized spacial score (nSPS) is 25.9. The van der Waals surface area contributed by atoms with Crippen molar-refractivity contribution in [3.63, 3.8) is 0 Å². The summed E-state index contributed by atoms with van der Waals surface area (Å²) in [5, 5.41) is 5.73. The van der Waals surface area contributed by atoms with E-state index in [2.05, 4.69) is 27.7 Å². The van der Waals surface area contributed by atoms with Gasteiger partial charge >= 0.3 is 0 Å². The zero-order valence-corrected chi connectivity index (χ0v) is 17.4. The predicted octanol–water partition coefficient (Wildman–Crippen LogP) is 1.27. The van der Waals surface area contributed by atoms with E-state index in [1.54, 1.807) is 4.90 Å². The minimum Gasteiger partial charge on any atom is -0.322 e. The summed E-state index contributed by atoms with van der Waals surface area (Å²) < 4.78 is 0. The summed E-state index contributed by atoms with van der Waals surface area (Å²) in [5.74, 6) is 1.05. The second kappa shape index (κ2) is 8.12. The number of piperidine rings is 2. The quantitative estimate of drug-likeness (QED) is 0.715. The highest BCUT2D eigenvalue weighted by Crippen LogP contribution is 2.30. The number of amides is 3. The molecule has 5 rings (SSSR count). The summed E-state index contributed by atoms with van der Waals surface area (Å²) >= 11 is 0. The highest BCUT2D eigenvalue weighted by Gasteiger charge is 2.39. The van der Waals surface area contributed by atoms with E-state index in [4.69, 9.17) is 0 Å². The molecule has 0 radical (unpaired) electrons. The number of nitrogens with zero attached hydrogens (tertiary/aromatic N) is 2. The van der Waals surface area contributed by atoms with Gasteiger partial charge in [0.1, 0.15) is 6.04 Å². The lowest BCUT2D eigenvalue weighted by atomic mass is 9.84. The van der Waals surface area contributed by atoms with E-state index >= 15 is 0 Å². The number of nitrogens with one attached hydrogen (secondary N) is 2.